The Labute approximate surface area is 120 Å². The van der Waals surface area contributed by atoms with Gasteiger partial charge < -0.3 is 4.74 Å². The molecule has 1 aromatic heterocycles. The molecule has 100 valence electrons. The highest BCUT2D eigenvalue weighted by Crippen LogP contribution is 2.22. The van der Waals surface area contributed by atoms with Gasteiger partial charge in [0, 0.05) is 21.8 Å². The van der Waals surface area contributed by atoms with Gasteiger partial charge in [0.05, 0.1) is 13.7 Å². The first-order valence-corrected chi connectivity index (χ1v) is 6.33. The molecule has 0 aliphatic heterocycles. The van der Waals surface area contributed by atoms with Crippen LogP contribution in [0.25, 0.3) is 0 Å². The van der Waals surface area contributed by atoms with E-state index in [2.05, 4.69) is 4.98 Å². The van der Waals surface area contributed by atoms with Crippen LogP contribution in [0, 0.1) is 6.92 Å². The largest absolute Gasteiger partial charge is 0.468 e. The van der Waals surface area contributed by atoms with Crippen LogP contribution in [0.2, 0.25) is 10.0 Å². The van der Waals surface area contributed by atoms with Gasteiger partial charge in [0.25, 0.3) is 11.6 Å². The predicted molar refractivity (Wildman–Crippen MR) is 75.4 cm³/mol. The highest BCUT2D eigenvalue weighted by Gasteiger charge is 2.10. The molecular weight excluding hydrogens is 287 g/mol. The van der Waals surface area contributed by atoms with E-state index in [1.54, 1.807) is 25.1 Å². The van der Waals surface area contributed by atoms with E-state index >= 15 is 0 Å². The third kappa shape index (κ3) is 3.08. The molecular formula is C13H12Cl2N2O2. The Morgan fingerprint density at radius 3 is 2.68 bits per heavy atom. The van der Waals surface area contributed by atoms with E-state index in [1.807, 2.05) is 0 Å². The van der Waals surface area contributed by atoms with Crippen LogP contribution in [-0.2, 0) is 6.54 Å². The van der Waals surface area contributed by atoms with Crippen LogP contribution in [0.3, 0.4) is 0 Å². The van der Waals surface area contributed by atoms with Gasteiger partial charge in [0.15, 0.2) is 0 Å². The van der Waals surface area contributed by atoms with E-state index < -0.39 is 0 Å². The molecule has 0 aliphatic carbocycles. The van der Waals surface area contributed by atoms with Gasteiger partial charge in [-0.2, -0.15) is 0 Å². The second-order valence-electron chi connectivity index (χ2n) is 4.04. The van der Waals surface area contributed by atoms with Crippen LogP contribution in [-0.4, -0.2) is 16.7 Å². The Morgan fingerprint density at radius 1 is 1.32 bits per heavy atom. The molecule has 0 fully saturated rings. The van der Waals surface area contributed by atoms with Crippen molar-refractivity contribution in [3.05, 3.63) is 55.9 Å². The summed E-state index contributed by atoms with van der Waals surface area (Å²) in [6.07, 6.45) is 0. The molecule has 19 heavy (non-hydrogen) atoms. The van der Waals surface area contributed by atoms with Gasteiger partial charge >= 0.3 is 0 Å². The molecule has 0 saturated carbocycles. The van der Waals surface area contributed by atoms with Crippen LogP contribution in [0.5, 0.6) is 6.01 Å². The van der Waals surface area contributed by atoms with E-state index in [0.717, 1.165) is 5.56 Å². The molecule has 0 atom stereocenters. The van der Waals surface area contributed by atoms with Gasteiger partial charge in [-0.15, -0.1) is 0 Å². The molecule has 0 bridgehead atoms. The van der Waals surface area contributed by atoms with E-state index in [4.69, 9.17) is 27.9 Å². The molecule has 1 heterocycles. The summed E-state index contributed by atoms with van der Waals surface area (Å²) in [6, 6.07) is 6.85. The first kappa shape index (κ1) is 13.9. The zero-order valence-corrected chi connectivity index (χ0v) is 12.0. The minimum absolute atomic E-state index is 0.185. The minimum Gasteiger partial charge on any atom is -0.468 e. The molecule has 4 nitrogen and oxygen atoms in total. The average Bonchev–Trinajstić information content (AvgIpc) is 2.34. The summed E-state index contributed by atoms with van der Waals surface area (Å²) >= 11 is 11.9. The summed E-state index contributed by atoms with van der Waals surface area (Å²) in [4.78, 5) is 16.1. The van der Waals surface area contributed by atoms with Crippen LogP contribution in [0.15, 0.2) is 29.1 Å². The fraction of sp³-hybridized carbons (Fsp3) is 0.231. The van der Waals surface area contributed by atoms with Gasteiger partial charge in [0.1, 0.15) is 0 Å². The van der Waals surface area contributed by atoms with E-state index in [0.29, 0.717) is 15.7 Å². The molecule has 1 aromatic carbocycles. The number of benzene rings is 1. The summed E-state index contributed by atoms with van der Waals surface area (Å²) in [5.41, 5.74) is 1.20. The quantitative estimate of drug-likeness (QED) is 0.875. The predicted octanol–water partition coefficient (Wildman–Crippen LogP) is 2.92. The number of ether oxygens (including phenoxy) is 1. The Balaban J connectivity index is 2.46. The highest BCUT2D eigenvalue weighted by molar-refractivity contribution is 6.35. The van der Waals surface area contributed by atoms with Crippen molar-refractivity contribution in [2.24, 2.45) is 0 Å². The molecule has 0 aliphatic rings. The lowest BCUT2D eigenvalue weighted by Gasteiger charge is -2.12. The van der Waals surface area contributed by atoms with Crippen molar-refractivity contribution in [3.8, 4) is 6.01 Å². The Bertz CT molecular complexity index is 668. The van der Waals surface area contributed by atoms with Crippen molar-refractivity contribution in [3.63, 3.8) is 0 Å². The monoisotopic (exact) mass is 298 g/mol. The number of hydrogen-bond donors (Lipinski definition) is 0. The Hall–Kier alpha value is -1.52. The van der Waals surface area contributed by atoms with Crippen molar-refractivity contribution >= 4 is 23.2 Å². The van der Waals surface area contributed by atoms with Gasteiger partial charge in [0.2, 0.25) is 0 Å². The smallest absolute Gasteiger partial charge is 0.299 e. The van der Waals surface area contributed by atoms with Crippen LogP contribution in [0.1, 0.15) is 11.3 Å². The molecule has 0 amide bonds. The molecule has 0 N–H and O–H groups in total. The summed E-state index contributed by atoms with van der Waals surface area (Å²) in [5, 5.41) is 1.05. The number of aromatic nitrogens is 2. The minimum atomic E-state index is -0.185. The maximum absolute atomic E-state index is 12.0. The SMILES string of the molecule is COc1nc(C)cc(=O)n1Cc1ccc(Cl)cc1Cl. The molecule has 6 heteroatoms. The number of nitrogens with zero attached hydrogens (tertiary/aromatic N) is 2. The standard InChI is InChI=1S/C13H12Cl2N2O2/c1-8-5-12(18)17(13(16-8)19-2)7-9-3-4-10(14)6-11(9)15/h3-6H,7H2,1-2H3. The normalized spacial score (nSPS) is 10.5. The maximum atomic E-state index is 12.0. The molecule has 2 rings (SSSR count). The van der Waals surface area contributed by atoms with Gasteiger partial charge in [-0.3, -0.25) is 9.36 Å². The van der Waals surface area contributed by atoms with Crippen molar-refractivity contribution in [1.29, 1.82) is 0 Å². The number of aryl methyl sites for hydroxylation is 1. The second-order valence-corrected chi connectivity index (χ2v) is 4.89. The van der Waals surface area contributed by atoms with Gasteiger partial charge in [-0.1, -0.05) is 29.3 Å². The number of hydrogen-bond acceptors (Lipinski definition) is 3. The zero-order valence-electron chi connectivity index (χ0n) is 10.5. The summed E-state index contributed by atoms with van der Waals surface area (Å²) in [5.74, 6) is 0. The van der Waals surface area contributed by atoms with Gasteiger partial charge in [-0.05, 0) is 24.6 Å². The van der Waals surface area contributed by atoms with Crippen molar-refractivity contribution in [2.75, 3.05) is 7.11 Å². The lowest BCUT2D eigenvalue weighted by Crippen LogP contribution is -2.23. The summed E-state index contributed by atoms with van der Waals surface area (Å²) in [7, 11) is 1.47. The molecule has 2 aromatic rings. The van der Waals surface area contributed by atoms with Crippen LogP contribution < -0.4 is 10.3 Å². The van der Waals surface area contributed by atoms with E-state index in [-0.39, 0.29) is 18.1 Å². The first-order chi connectivity index (χ1) is 9.01. The zero-order chi connectivity index (χ0) is 14.0. The third-order valence-corrected chi connectivity index (χ3v) is 3.21. The average molecular weight is 299 g/mol. The van der Waals surface area contributed by atoms with Crippen molar-refractivity contribution in [1.82, 2.24) is 9.55 Å². The fourth-order valence-electron chi connectivity index (χ4n) is 1.72. The Morgan fingerprint density at radius 2 is 2.05 bits per heavy atom. The second kappa shape index (κ2) is 5.63. The number of rotatable bonds is 3. The Kier molecular flexibility index (Phi) is 4.12. The summed E-state index contributed by atoms with van der Waals surface area (Å²) in [6.45, 7) is 2.02. The molecule has 0 spiro atoms. The summed E-state index contributed by atoms with van der Waals surface area (Å²) < 4.78 is 6.54. The third-order valence-electron chi connectivity index (χ3n) is 2.63. The molecule has 0 saturated heterocycles. The molecule has 0 unspecified atom stereocenters. The molecule has 0 radical (unpaired) electrons. The van der Waals surface area contributed by atoms with Gasteiger partial charge in [-0.25, -0.2) is 4.98 Å². The fourth-order valence-corrected chi connectivity index (χ4v) is 2.18. The van der Waals surface area contributed by atoms with Crippen molar-refractivity contribution < 1.29 is 4.74 Å². The van der Waals surface area contributed by atoms with Crippen molar-refractivity contribution in [2.45, 2.75) is 13.5 Å². The maximum Gasteiger partial charge on any atom is 0.299 e. The first-order valence-electron chi connectivity index (χ1n) is 5.57. The van der Waals surface area contributed by atoms with E-state index in [9.17, 15) is 4.79 Å². The lowest BCUT2D eigenvalue weighted by molar-refractivity contribution is 0.350. The van der Waals surface area contributed by atoms with Crippen LogP contribution in [0.4, 0.5) is 0 Å². The highest BCUT2D eigenvalue weighted by atomic mass is 35.5. The topological polar surface area (TPSA) is 44.1 Å². The lowest BCUT2D eigenvalue weighted by atomic mass is 10.2. The van der Waals surface area contributed by atoms with Crippen LogP contribution >= 0.6 is 23.2 Å². The van der Waals surface area contributed by atoms with E-state index in [1.165, 1.54) is 17.7 Å². The number of methoxy groups -OCH3 is 1. The number of halogens is 2.